The van der Waals surface area contributed by atoms with Crippen LogP contribution in [-0.2, 0) is 6.54 Å². The van der Waals surface area contributed by atoms with E-state index >= 15 is 0 Å². The monoisotopic (exact) mass is 344 g/mol. The fourth-order valence-corrected chi connectivity index (χ4v) is 2.37. The summed E-state index contributed by atoms with van der Waals surface area (Å²) in [4.78, 5) is 4.25. The van der Waals surface area contributed by atoms with Gasteiger partial charge in [0.1, 0.15) is 24.5 Å². The lowest BCUT2D eigenvalue weighted by atomic mass is 10.2. The van der Waals surface area contributed by atoms with E-state index in [1.807, 2.05) is 29.7 Å². The molecule has 0 radical (unpaired) electrons. The number of aryl methyl sites for hydroxylation is 2. The standard InChI is InChI=1S/C18H28N6O/c1-15-8-4-5-9-17(15)25-16(2)12-21-18(19-3)20-10-6-7-11-24-13-22-23-14-24/h4-5,8-9,13-14,16H,6-7,10-12H2,1-3H3,(H2,19,20,21). The van der Waals surface area contributed by atoms with E-state index in [0.717, 1.165) is 43.2 Å². The maximum atomic E-state index is 5.96. The first kappa shape index (κ1) is 18.8. The third kappa shape index (κ3) is 6.82. The van der Waals surface area contributed by atoms with Gasteiger partial charge in [-0.1, -0.05) is 18.2 Å². The minimum absolute atomic E-state index is 0.0494. The summed E-state index contributed by atoms with van der Waals surface area (Å²) in [5.74, 6) is 1.72. The van der Waals surface area contributed by atoms with E-state index in [2.05, 4.69) is 38.8 Å². The Labute approximate surface area is 149 Å². The number of benzene rings is 1. The van der Waals surface area contributed by atoms with E-state index in [1.165, 1.54) is 0 Å². The Morgan fingerprint density at radius 1 is 1.20 bits per heavy atom. The van der Waals surface area contributed by atoms with E-state index in [1.54, 1.807) is 19.7 Å². The van der Waals surface area contributed by atoms with Gasteiger partial charge >= 0.3 is 0 Å². The summed E-state index contributed by atoms with van der Waals surface area (Å²) in [5, 5.41) is 14.2. The molecule has 2 N–H and O–H groups in total. The van der Waals surface area contributed by atoms with Gasteiger partial charge in [0.15, 0.2) is 5.96 Å². The molecule has 1 heterocycles. The van der Waals surface area contributed by atoms with Crippen LogP contribution in [0.2, 0.25) is 0 Å². The topological polar surface area (TPSA) is 76.4 Å². The number of para-hydroxylation sites is 1. The number of guanidine groups is 1. The van der Waals surface area contributed by atoms with Crippen molar-refractivity contribution < 1.29 is 4.74 Å². The van der Waals surface area contributed by atoms with Crippen LogP contribution < -0.4 is 15.4 Å². The van der Waals surface area contributed by atoms with Gasteiger partial charge in [-0.05, 0) is 38.3 Å². The molecule has 25 heavy (non-hydrogen) atoms. The molecule has 7 nitrogen and oxygen atoms in total. The van der Waals surface area contributed by atoms with Gasteiger partial charge in [0.25, 0.3) is 0 Å². The second-order valence-electron chi connectivity index (χ2n) is 5.98. The molecule has 0 fully saturated rings. The van der Waals surface area contributed by atoms with E-state index < -0.39 is 0 Å². The molecule has 0 aliphatic carbocycles. The van der Waals surface area contributed by atoms with E-state index in [-0.39, 0.29) is 6.10 Å². The molecule has 1 aromatic carbocycles. The predicted octanol–water partition coefficient (Wildman–Crippen LogP) is 2.00. The zero-order chi connectivity index (χ0) is 17.9. The van der Waals surface area contributed by atoms with Gasteiger partial charge in [-0.15, -0.1) is 10.2 Å². The van der Waals surface area contributed by atoms with Crippen molar-refractivity contribution in [3.8, 4) is 5.75 Å². The summed E-state index contributed by atoms with van der Waals surface area (Å²) in [5.41, 5.74) is 1.14. The summed E-state index contributed by atoms with van der Waals surface area (Å²) >= 11 is 0. The van der Waals surface area contributed by atoms with Crippen molar-refractivity contribution in [2.24, 2.45) is 4.99 Å². The van der Waals surface area contributed by atoms with Gasteiger partial charge in [-0.2, -0.15) is 0 Å². The van der Waals surface area contributed by atoms with Crippen molar-refractivity contribution in [3.63, 3.8) is 0 Å². The predicted molar refractivity (Wildman–Crippen MR) is 99.9 cm³/mol. The van der Waals surface area contributed by atoms with Gasteiger partial charge in [-0.3, -0.25) is 4.99 Å². The smallest absolute Gasteiger partial charge is 0.191 e. The summed E-state index contributed by atoms with van der Waals surface area (Å²) in [6.07, 6.45) is 5.64. The second-order valence-corrected chi connectivity index (χ2v) is 5.98. The molecule has 0 bridgehead atoms. The van der Waals surface area contributed by atoms with Gasteiger partial charge in [-0.25, -0.2) is 0 Å². The molecule has 0 amide bonds. The summed E-state index contributed by atoms with van der Waals surface area (Å²) in [7, 11) is 1.78. The number of nitrogens with one attached hydrogen (secondary N) is 2. The number of nitrogens with zero attached hydrogens (tertiary/aromatic N) is 4. The van der Waals surface area contributed by atoms with Gasteiger partial charge in [0.05, 0.1) is 6.54 Å². The Hall–Kier alpha value is -2.57. The van der Waals surface area contributed by atoms with Crippen LogP contribution in [0, 0.1) is 6.92 Å². The number of hydrogen-bond donors (Lipinski definition) is 2. The highest BCUT2D eigenvalue weighted by atomic mass is 16.5. The van der Waals surface area contributed by atoms with Crippen molar-refractivity contribution in [1.82, 2.24) is 25.4 Å². The fraction of sp³-hybridized carbons (Fsp3) is 0.500. The molecule has 2 aromatic rings. The first-order valence-corrected chi connectivity index (χ1v) is 8.68. The van der Waals surface area contributed by atoms with Crippen molar-refractivity contribution >= 4 is 5.96 Å². The maximum absolute atomic E-state index is 5.96. The number of unbranched alkanes of at least 4 members (excludes halogenated alkanes) is 1. The largest absolute Gasteiger partial charge is 0.489 e. The maximum Gasteiger partial charge on any atom is 0.191 e. The zero-order valence-corrected chi connectivity index (χ0v) is 15.3. The summed E-state index contributed by atoms with van der Waals surface area (Å²) in [6, 6.07) is 8.05. The number of ether oxygens (including phenoxy) is 1. The highest BCUT2D eigenvalue weighted by Gasteiger charge is 2.07. The molecule has 1 unspecified atom stereocenters. The summed E-state index contributed by atoms with van der Waals surface area (Å²) < 4.78 is 7.95. The zero-order valence-electron chi connectivity index (χ0n) is 15.3. The lowest BCUT2D eigenvalue weighted by molar-refractivity contribution is 0.222. The minimum atomic E-state index is 0.0494. The van der Waals surface area contributed by atoms with Crippen LogP contribution in [0.15, 0.2) is 41.9 Å². The molecule has 1 aromatic heterocycles. The molecule has 2 rings (SSSR count). The first-order valence-electron chi connectivity index (χ1n) is 8.68. The van der Waals surface area contributed by atoms with Crippen LogP contribution in [0.25, 0.3) is 0 Å². The Morgan fingerprint density at radius 3 is 2.68 bits per heavy atom. The van der Waals surface area contributed by atoms with Crippen LogP contribution in [0.1, 0.15) is 25.3 Å². The summed E-state index contributed by atoms with van der Waals surface area (Å²) in [6.45, 7) is 6.59. The molecule has 0 aliphatic rings. The SMILES string of the molecule is CN=C(NCCCCn1cnnc1)NCC(C)Oc1ccccc1C. The van der Waals surface area contributed by atoms with Crippen LogP contribution in [-0.4, -0.2) is 47.0 Å². The van der Waals surface area contributed by atoms with Crippen molar-refractivity contribution in [2.75, 3.05) is 20.1 Å². The van der Waals surface area contributed by atoms with E-state index in [9.17, 15) is 0 Å². The molecule has 7 heteroatoms. The average molecular weight is 344 g/mol. The number of hydrogen-bond acceptors (Lipinski definition) is 4. The van der Waals surface area contributed by atoms with Crippen molar-refractivity contribution in [1.29, 1.82) is 0 Å². The van der Waals surface area contributed by atoms with E-state index in [0.29, 0.717) is 6.54 Å². The van der Waals surface area contributed by atoms with Gasteiger partial charge < -0.3 is 19.9 Å². The Kier molecular flexibility index (Phi) is 7.75. The molecule has 0 aliphatic heterocycles. The quantitative estimate of drug-likeness (QED) is 0.413. The highest BCUT2D eigenvalue weighted by Crippen LogP contribution is 2.17. The van der Waals surface area contributed by atoms with Gasteiger partial charge in [0.2, 0.25) is 0 Å². The normalized spacial score (nSPS) is 12.7. The van der Waals surface area contributed by atoms with E-state index in [4.69, 9.17) is 4.74 Å². The third-order valence-corrected chi connectivity index (χ3v) is 3.80. The Balaban J connectivity index is 1.61. The van der Waals surface area contributed by atoms with Gasteiger partial charge in [0, 0.05) is 20.1 Å². The first-order chi connectivity index (χ1) is 12.2. The Morgan fingerprint density at radius 2 is 1.96 bits per heavy atom. The molecule has 0 saturated carbocycles. The van der Waals surface area contributed by atoms with Crippen molar-refractivity contribution in [2.45, 2.75) is 39.3 Å². The van der Waals surface area contributed by atoms with Crippen molar-refractivity contribution in [3.05, 3.63) is 42.5 Å². The van der Waals surface area contributed by atoms with Crippen LogP contribution in [0.5, 0.6) is 5.75 Å². The number of aromatic nitrogens is 3. The van der Waals surface area contributed by atoms with Crippen LogP contribution in [0.3, 0.4) is 0 Å². The average Bonchev–Trinajstić information content (AvgIpc) is 3.13. The Bertz CT molecular complexity index is 641. The number of aliphatic imine (C=N–C) groups is 1. The molecule has 1 atom stereocenters. The third-order valence-electron chi connectivity index (χ3n) is 3.80. The molecule has 0 spiro atoms. The van der Waals surface area contributed by atoms with Crippen LogP contribution in [0.4, 0.5) is 0 Å². The number of rotatable bonds is 9. The molecule has 136 valence electrons. The van der Waals surface area contributed by atoms with Crippen LogP contribution >= 0.6 is 0 Å². The molecule has 0 saturated heterocycles. The molecular formula is C18H28N6O. The molecular weight excluding hydrogens is 316 g/mol. The fourth-order valence-electron chi connectivity index (χ4n) is 2.37. The highest BCUT2D eigenvalue weighted by molar-refractivity contribution is 5.79. The minimum Gasteiger partial charge on any atom is -0.489 e. The lowest BCUT2D eigenvalue weighted by Crippen LogP contribution is -2.42. The second kappa shape index (κ2) is 10.3. The lowest BCUT2D eigenvalue weighted by Gasteiger charge is -2.18.